The minimum absolute atomic E-state index is 0.276. The number of carbonyl (C=O) groups excluding carboxylic acids is 1. The minimum Gasteiger partial charge on any atom is -0.489 e. The Kier molecular flexibility index (Phi) is 8.00. The normalized spacial score (nSPS) is 14.6. The smallest absolute Gasteiger partial charge is 0.338 e. The third kappa shape index (κ3) is 5.71. The van der Waals surface area contributed by atoms with Gasteiger partial charge in [0.05, 0.1) is 12.2 Å². The number of nitrogens with one attached hydrogen (secondary N) is 1. The molecule has 0 aliphatic carbocycles. The number of benzene rings is 3. The van der Waals surface area contributed by atoms with Crippen LogP contribution < -0.4 is 10.1 Å². The van der Waals surface area contributed by atoms with Crippen LogP contribution in [0, 0.1) is 0 Å². The standard InChI is InChI=1S/C29H27ClN4O3S/c1-3-36-27(35)25-19(2)31-28-32-29(38-18-22-11-7-8-12-24(22)30)33-34(28)26(25)21-13-15-23(16-14-21)37-17-20-9-5-4-6-10-20/h4-16,26H,3,17-18H2,1-2H3,(H,31,32,33). The highest BCUT2D eigenvalue weighted by molar-refractivity contribution is 7.98. The van der Waals surface area contributed by atoms with Crippen LogP contribution >= 0.6 is 23.4 Å². The van der Waals surface area contributed by atoms with Gasteiger partial charge < -0.3 is 14.8 Å². The van der Waals surface area contributed by atoms with E-state index in [1.54, 1.807) is 11.6 Å². The van der Waals surface area contributed by atoms with Crippen molar-refractivity contribution in [3.8, 4) is 5.75 Å². The fourth-order valence-electron chi connectivity index (χ4n) is 4.22. The van der Waals surface area contributed by atoms with Gasteiger partial charge in [0.1, 0.15) is 18.4 Å². The first-order valence-corrected chi connectivity index (χ1v) is 13.6. The SMILES string of the molecule is CCOC(=O)C1=C(C)Nc2nc(SCc3ccccc3Cl)nn2C1c1ccc(OCc2ccccc2)cc1. The van der Waals surface area contributed by atoms with E-state index in [1.807, 2.05) is 85.8 Å². The van der Waals surface area contributed by atoms with Crippen molar-refractivity contribution in [3.05, 3.63) is 112 Å². The Hall–Kier alpha value is -3.75. The highest BCUT2D eigenvalue weighted by Gasteiger charge is 2.35. The molecule has 3 aromatic carbocycles. The second kappa shape index (κ2) is 11.8. The highest BCUT2D eigenvalue weighted by Crippen LogP contribution is 2.37. The lowest BCUT2D eigenvalue weighted by molar-refractivity contribution is -0.139. The van der Waals surface area contributed by atoms with Crippen LogP contribution in [-0.4, -0.2) is 27.3 Å². The molecule has 4 aromatic rings. The molecule has 0 saturated carbocycles. The second-order valence-electron chi connectivity index (χ2n) is 8.67. The zero-order valence-electron chi connectivity index (χ0n) is 21.1. The summed E-state index contributed by atoms with van der Waals surface area (Å²) in [5.74, 6) is 1.53. The molecule has 0 fully saturated rings. The number of aromatic nitrogens is 3. The number of hydrogen-bond donors (Lipinski definition) is 1. The summed E-state index contributed by atoms with van der Waals surface area (Å²) in [5.41, 5.74) is 4.14. The van der Waals surface area contributed by atoms with E-state index < -0.39 is 12.0 Å². The summed E-state index contributed by atoms with van der Waals surface area (Å²) in [6, 6.07) is 24.9. The monoisotopic (exact) mass is 546 g/mol. The van der Waals surface area contributed by atoms with Gasteiger partial charge >= 0.3 is 5.97 Å². The maximum absolute atomic E-state index is 13.1. The fourth-order valence-corrected chi connectivity index (χ4v) is 5.33. The molecule has 1 aliphatic rings. The Morgan fingerprint density at radius 2 is 1.79 bits per heavy atom. The van der Waals surface area contributed by atoms with E-state index in [0.29, 0.717) is 39.8 Å². The number of carbonyl (C=O) groups is 1. The number of allylic oxidation sites excluding steroid dienone is 1. The van der Waals surface area contributed by atoms with Crippen molar-refractivity contribution < 1.29 is 14.3 Å². The molecule has 0 bridgehead atoms. The van der Waals surface area contributed by atoms with Gasteiger partial charge in [0, 0.05) is 16.5 Å². The van der Waals surface area contributed by atoms with Crippen molar-refractivity contribution >= 4 is 35.3 Å². The predicted octanol–water partition coefficient (Wildman–Crippen LogP) is 6.65. The van der Waals surface area contributed by atoms with Gasteiger partial charge in [0.25, 0.3) is 0 Å². The lowest BCUT2D eigenvalue weighted by atomic mass is 9.96. The maximum Gasteiger partial charge on any atom is 0.338 e. The quantitative estimate of drug-likeness (QED) is 0.186. The molecule has 1 aliphatic heterocycles. The molecule has 2 heterocycles. The third-order valence-corrected chi connectivity index (χ3v) is 7.34. The van der Waals surface area contributed by atoms with Gasteiger partial charge in [-0.25, -0.2) is 9.48 Å². The van der Waals surface area contributed by atoms with E-state index in [2.05, 4.69) is 5.32 Å². The van der Waals surface area contributed by atoms with Gasteiger partial charge in [0.2, 0.25) is 11.1 Å². The number of hydrogen-bond acceptors (Lipinski definition) is 7. The number of esters is 1. The van der Waals surface area contributed by atoms with Crippen LogP contribution in [-0.2, 0) is 21.9 Å². The molecule has 1 atom stereocenters. The Labute approximate surface area is 230 Å². The Bertz CT molecular complexity index is 1450. The van der Waals surface area contributed by atoms with Gasteiger partial charge in [0.15, 0.2) is 0 Å². The molecule has 0 saturated heterocycles. The molecule has 38 heavy (non-hydrogen) atoms. The van der Waals surface area contributed by atoms with E-state index in [9.17, 15) is 4.79 Å². The maximum atomic E-state index is 13.1. The number of ether oxygens (including phenoxy) is 2. The van der Waals surface area contributed by atoms with E-state index in [-0.39, 0.29) is 6.61 Å². The molecule has 1 unspecified atom stereocenters. The lowest BCUT2D eigenvalue weighted by Crippen LogP contribution is -2.29. The van der Waals surface area contributed by atoms with Crippen LogP contribution in [0.4, 0.5) is 5.95 Å². The number of nitrogens with zero attached hydrogens (tertiary/aromatic N) is 3. The van der Waals surface area contributed by atoms with E-state index in [1.165, 1.54) is 11.8 Å². The zero-order chi connectivity index (χ0) is 26.5. The van der Waals surface area contributed by atoms with E-state index in [4.69, 9.17) is 31.2 Å². The zero-order valence-corrected chi connectivity index (χ0v) is 22.6. The van der Waals surface area contributed by atoms with Crippen LogP contribution in [0.3, 0.4) is 0 Å². The van der Waals surface area contributed by atoms with Crippen molar-refractivity contribution in [2.45, 2.75) is 37.4 Å². The summed E-state index contributed by atoms with van der Waals surface area (Å²) in [7, 11) is 0. The molecular formula is C29H27ClN4O3S. The molecular weight excluding hydrogens is 520 g/mol. The molecule has 194 valence electrons. The van der Waals surface area contributed by atoms with Crippen molar-refractivity contribution in [1.82, 2.24) is 14.8 Å². The van der Waals surface area contributed by atoms with Crippen molar-refractivity contribution in [2.24, 2.45) is 0 Å². The predicted molar refractivity (Wildman–Crippen MR) is 149 cm³/mol. The van der Waals surface area contributed by atoms with E-state index >= 15 is 0 Å². The highest BCUT2D eigenvalue weighted by atomic mass is 35.5. The summed E-state index contributed by atoms with van der Waals surface area (Å²) in [6.45, 7) is 4.39. The van der Waals surface area contributed by atoms with E-state index in [0.717, 1.165) is 22.4 Å². The van der Waals surface area contributed by atoms with Crippen LogP contribution in [0.2, 0.25) is 5.02 Å². The summed E-state index contributed by atoms with van der Waals surface area (Å²) < 4.78 is 13.1. The lowest BCUT2D eigenvalue weighted by Gasteiger charge is -2.28. The molecule has 1 N–H and O–H groups in total. The van der Waals surface area contributed by atoms with Crippen molar-refractivity contribution in [3.63, 3.8) is 0 Å². The number of rotatable bonds is 9. The second-order valence-corrected chi connectivity index (χ2v) is 10.0. The summed E-state index contributed by atoms with van der Waals surface area (Å²) in [5, 5.41) is 9.29. The summed E-state index contributed by atoms with van der Waals surface area (Å²) >= 11 is 7.81. The Balaban J connectivity index is 1.42. The van der Waals surface area contributed by atoms with Crippen LogP contribution in [0.5, 0.6) is 5.75 Å². The van der Waals surface area contributed by atoms with Gasteiger partial charge in [-0.2, -0.15) is 4.98 Å². The van der Waals surface area contributed by atoms with Gasteiger partial charge in [-0.15, -0.1) is 5.10 Å². The number of halogens is 1. The molecule has 0 radical (unpaired) electrons. The molecule has 9 heteroatoms. The minimum atomic E-state index is -0.504. The number of anilines is 1. The first kappa shape index (κ1) is 25.9. The van der Waals surface area contributed by atoms with Crippen LogP contribution in [0.15, 0.2) is 95.3 Å². The van der Waals surface area contributed by atoms with Gasteiger partial charge in [-0.3, -0.25) is 0 Å². The molecule has 5 rings (SSSR count). The largest absolute Gasteiger partial charge is 0.489 e. The Morgan fingerprint density at radius 3 is 2.53 bits per heavy atom. The molecule has 0 spiro atoms. The fraction of sp³-hybridized carbons (Fsp3) is 0.207. The first-order chi connectivity index (χ1) is 18.5. The van der Waals surface area contributed by atoms with Crippen molar-refractivity contribution in [2.75, 3.05) is 11.9 Å². The van der Waals surface area contributed by atoms with Crippen LogP contribution in [0.25, 0.3) is 0 Å². The topological polar surface area (TPSA) is 78.3 Å². The molecule has 1 aromatic heterocycles. The number of fused-ring (bicyclic) bond motifs is 1. The summed E-state index contributed by atoms with van der Waals surface area (Å²) in [4.78, 5) is 17.7. The average Bonchev–Trinajstić information content (AvgIpc) is 3.34. The van der Waals surface area contributed by atoms with Gasteiger partial charge in [-0.05, 0) is 48.7 Å². The molecule has 0 amide bonds. The average molecular weight is 547 g/mol. The summed E-state index contributed by atoms with van der Waals surface area (Å²) in [6.07, 6.45) is 0. The van der Waals surface area contributed by atoms with Crippen molar-refractivity contribution in [1.29, 1.82) is 0 Å². The Morgan fingerprint density at radius 1 is 1.05 bits per heavy atom. The van der Waals surface area contributed by atoms with Gasteiger partial charge in [-0.1, -0.05) is 84.0 Å². The first-order valence-electron chi connectivity index (χ1n) is 12.3. The number of thioether (sulfide) groups is 1. The third-order valence-electron chi connectivity index (χ3n) is 6.09. The molecule has 7 nitrogen and oxygen atoms in total. The van der Waals surface area contributed by atoms with Crippen LogP contribution in [0.1, 0.15) is 36.6 Å².